The zero-order valence-corrected chi connectivity index (χ0v) is 13.0. The molecule has 0 spiro atoms. The largest absolute Gasteiger partial charge is 0.375 e. The van der Waals surface area contributed by atoms with E-state index in [1.807, 2.05) is 41.1 Å². The van der Waals surface area contributed by atoms with Crippen LogP contribution in [0.3, 0.4) is 0 Å². The zero-order chi connectivity index (χ0) is 15.1. The van der Waals surface area contributed by atoms with E-state index in [-0.39, 0.29) is 5.82 Å². The molecule has 0 amide bonds. The van der Waals surface area contributed by atoms with Gasteiger partial charge in [-0.15, -0.1) is 11.8 Å². The minimum absolute atomic E-state index is 0.243. The summed E-state index contributed by atoms with van der Waals surface area (Å²) in [4.78, 5) is 5.68. The molecule has 4 rings (SSSR count). The normalized spacial score (nSPS) is 14.3. The number of halogens is 1. The fourth-order valence-electron chi connectivity index (χ4n) is 2.84. The summed E-state index contributed by atoms with van der Waals surface area (Å²) in [5.41, 5.74) is 4.16. The van der Waals surface area contributed by atoms with Crippen molar-refractivity contribution < 1.29 is 9.13 Å². The molecule has 112 valence electrons. The minimum Gasteiger partial charge on any atom is -0.375 e. The van der Waals surface area contributed by atoms with Crippen LogP contribution in [0.4, 0.5) is 4.39 Å². The van der Waals surface area contributed by atoms with Gasteiger partial charge < -0.3 is 9.14 Å². The molecule has 1 aliphatic heterocycles. The highest BCUT2D eigenvalue weighted by molar-refractivity contribution is 7.98. The lowest BCUT2D eigenvalue weighted by atomic mass is 10.1. The summed E-state index contributed by atoms with van der Waals surface area (Å²) < 4.78 is 21.9. The van der Waals surface area contributed by atoms with Gasteiger partial charge in [-0.25, -0.2) is 9.37 Å². The predicted octanol–water partition coefficient (Wildman–Crippen LogP) is 3.94. The lowest BCUT2D eigenvalue weighted by Crippen LogP contribution is -2.10. The van der Waals surface area contributed by atoms with Crippen molar-refractivity contribution in [3.8, 4) is 11.1 Å². The third-order valence-corrected chi connectivity index (χ3v) is 4.76. The molecule has 3 heterocycles. The highest BCUT2D eigenvalue weighted by atomic mass is 32.2. The van der Waals surface area contributed by atoms with Crippen LogP contribution in [0.2, 0.25) is 0 Å². The number of benzene rings is 1. The molecule has 0 saturated heterocycles. The van der Waals surface area contributed by atoms with Gasteiger partial charge in [0.1, 0.15) is 11.5 Å². The first-order valence-electron chi connectivity index (χ1n) is 7.18. The average molecular weight is 314 g/mol. The fraction of sp³-hybridized carbons (Fsp3) is 0.235. The Morgan fingerprint density at radius 1 is 1.27 bits per heavy atom. The molecule has 0 N–H and O–H groups in total. The van der Waals surface area contributed by atoms with Gasteiger partial charge in [0.15, 0.2) is 0 Å². The summed E-state index contributed by atoms with van der Waals surface area (Å²) in [5.74, 6) is -0.243. The summed E-state index contributed by atoms with van der Waals surface area (Å²) in [6.45, 7) is 1.22. The Bertz CT molecular complexity index is 842. The molecule has 0 atom stereocenters. The second-order valence-corrected chi connectivity index (χ2v) is 6.18. The summed E-state index contributed by atoms with van der Waals surface area (Å²) >= 11 is 1.67. The van der Waals surface area contributed by atoms with Crippen LogP contribution in [0.1, 0.15) is 11.4 Å². The second-order valence-electron chi connectivity index (χ2n) is 5.30. The lowest BCUT2D eigenvalue weighted by Gasteiger charge is -2.12. The Kier molecular flexibility index (Phi) is 3.39. The van der Waals surface area contributed by atoms with E-state index in [4.69, 9.17) is 4.74 Å². The predicted molar refractivity (Wildman–Crippen MR) is 85.7 cm³/mol. The van der Waals surface area contributed by atoms with Gasteiger partial charge in [0.2, 0.25) is 0 Å². The highest BCUT2D eigenvalue weighted by Crippen LogP contribution is 2.28. The Morgan fingerprint density at radius 3 is 2.86 bits per heavy atom. The number of hydrogen-bond donors (Lipinski definition) is 0. The molecule has 0 unspecified atom stereocenters. The molecular formula is C17H15FN2OS. The Morgan fingerprint density at radius 2 is 2.09 bits per heavy atom. The summed E-state index contributed by atoms with van der Waals surface area (Å²) in [7, 11) is 0. The summed E-state index contributed by atoms with van der Waals surface area (Å²) in [6.07, 6.45) is 4.65. The van der Waals surface area contributed by atoms with Gasteiger partial charge in [0.05, 0.1) is 24.6 Å². The van der Waals surface area contributed by atoms with Crippen LogP contribution in [-0.4, -0.2) is 22.2 Å². The molecule has 0 bridgehead atoms. The molecule has 1 aromatic carbocycles. The van der Waals surface area contributed by atoms with Crippen LogP contribution in [0.25, 0.3) is 16.8 Å². The van der Waals surface area contributed by atoms with Crippen molar-refractivity contribution in [3.63, 3.8) is 0 Å². The first kappa shape index (κ1) is 13.8. The van der Waals surface area contributed by atoms with E-state index < -0.39 is 0 Å². The molecular weight excluding hydrogens is 299 g/mol. The number of ether oxygens (including phenoxy) is 1. The average Bonchev–Trinajstić information content (AvgIpc) is 2.91. The van der Waals surface area contributed by atoms with Gasteiger partial charge in [-0.3, -0.25) is 0 Å². The van der Waals surface area contributed by atoms with Crippen molar-refractivity contribution in [2.45, 2.75) is 17.9 Å². The quantitative estimate of drug-likeness (QED) is 0.670. The van der Waals surface area contributed by atoms with Crippen LogP contribution in [0.15, 0.2) is 41.4 Å². The number of fused-ring (bicyclic) bond motifs is 3. The summed E-state index contributed by atoms with van der Waals surface area (Å²) in [6, 6.07) is 9.44. The number of thioether (sulfide) groups is 1. The Hall–Kier alpha value is -1.85. The standard InChI is InChI=1S/C17H15FN2OS/c1-22-12-4-2-11(3-5-12)13-9-20-16-10-21-7-6-15(16)19-17(20)8-14(13)18/h2-5,8-9H,6-7,10H2,1H3. The van der Waals surface area contributed by atoms with E-state index in [1.54, 1.807) is 11.8 Å². The van der Waals surface area contributed by atoms with Crippen LogP contribution >= 0.6 is 11.8 Å². The maximum absolute atomic E-state index is 14.5. The van der Waals surface area contributed by atoms with E-state index in [2.05, 4.69) is 4.98 Å². The van der Waals surface area contributed by atoms with E-state index in [9.17, 15) is 4.39 Å². The van der Waals surface area contributed by atoms with E-state index >= 15 is 0 Å². The van der Waals surface area contributed by atoms with Crippen LogP contribution in [-0.2, 0) is 17.8 Å². The van der Waals surface area contributed by atoms with E-state index in [0.717, 1.165) is 23.4 Å². The third kappa shape index (κ3) is 2.21. The Labute approximate surface area is 132 Å². The van der Waals surface area contributed by atoms with Crippen molar-refractivity contribution in [1.82, 2.24) is 9.38 Å². The van der Waals surface area contributed by atoms with Crippen molar-refractivity contribution in [2.75, 3.05) is 12.9 Å². The molecule has 0 aliphatic carbocycles. The zero-order valence-electron chi connectivity index (χ0n) is 12.2. The van der Waals surface area contributed by atoms with Crippen molar-refractivity contribution in [3.05, 3.63) is 53.7 Å². The Balaban J connectivity index is 1.87. The molecule has 3 nitrogen and oxygen atoms in total. The number of imidazole rings is 1. The third-order valence-electron chi connectivity index (χ3n) is 4.01. The van der Waals surface area contributed by atoms with Crippen molar-refractivity contribution in [1.29, 1.82) is 0 Å². The van der Waals surface area contributed by atoms with Crippen molar-refractivity contribution in [2.24, 2.45) is 0 Å². The van der Waals surface area contributed by atoms with Crippen LogP contribution in [0.5, 0.6) is 0 Å². The summed E-state index contributed by atoms with van der Waals surface area (Å²) in [5, 5.41) is 0. The smallest absolute Gasteiger partial charge is 0.140 e. The molecule has 2 aromatic heterocycles. The molecule has 0 saturated carbocycles. The molecule has 3 aromatic rings. The minimum atomic E-state index is -0.243. The number of hydrogen-bond acceptors (Lipinski definition) is 3. The maximum Gasteiger partial charge on any atom is 0.140 e. The van der Waals surface area contributed by atoms with Crippen molar-refractivity contribution >= 4 is 17.4 Å². The molecule has 5 heteroatoms. The number of rotatable bonds is 2. The fourth-order valence-corrected chi connectivity index (χ4v) is 3.24. The van der Waals surface area contributed by atoms with Gasteiger partial charge in [-0.1, -0.05) is 12.1 Å². The second kappa shape index (κ2) is 5.41. The van der Waals surface area contributed by atoms with E-state index in [1.165, 1.54) is 11.0 Å². The molecule has 0 fully saturated rings. The molecule has 22 heavy (non-hydrogen) atoms. The van der Waals surface area contributed by atoms with Crippen LogP contribution < -0.4 is 0 Å². The van der Waals surface area contributed by atoms with Gasteiger partial charge in [0, 0.05) is 29.1 Å². The number of aromatic nitrogens is 2. The SMILES string of the molecule is CSc1ccc(-c2cn3c4c(nc3cc2F)CCOC4)cc1. The van der Waals surface area contributed by atoms with Gasteiger partial charge in [0.25, 0.3) is 0 Å². The maximum atomic E-state index is 14.5. The first-order chi connectivity index (χ1) is 10.8. The monoisotopic (exact) mass is 314 g/mol. The highest BCUT2D eigenvalue weighted by Gasteiger charge is 2.18. The topological polar surface area (TPSA) is 26.5 Å². The lowest BCUT2D eigenvalue weighted by molar-refractivity contribution is 0.106. The van der Waals surface area contributed by atoms with Gasteiger partial charge in [-0.05, 0) is 24.0 Å². The number of pyridine rings is 1. The number of nitrogens with zero attached hydrogens (tertiary/aromatic N) is 2. The van der Waals surface area contributed by atoms with E-state index in [0.29, 0.717) is 24.4 Å². The van der Waals surface area contributed by atoms with Gasteiger partial charge >= 0.3 is 0 Å². The molecule has 0 radical (unpaired) electrons. The van der Waals surface area contributed by atoms with Crippen LogP contribution in [0, 0.1) is 5.82 Å². The van der Waals surface area contributed by atoms with Gasteiger partial charge in [-0.2, -0.15) is 0 Å². The molecule has 1 aliphatic rings. The first-order valence-corrected chi connectivity index (χ1v) is 8.40.